The number of fused-ring (bicyclic) bond motifs is 3. The molecule has 0 saturated carbocycles. The highest BCUT2D eigenvalue weighted by atomic mass is 32.1. The number of H-pyrrole nitrogens is 1. The Balaban J connectivity index is 1.41. The molecule has 146 valence electrons. The summed E-state index contributed by atoms with van der Waals surface area (Å²) in [4.78, 5) is 34.4. The lowest BCUT2D eigenvalue weighted by molar-refractivity contribution is -0.121. The van der Waals surface area contributed by atoms with Gasteiger partial charge in [-0.1, -0.05) is 36.8 Å². The number of hydrogen-bond acceptors (Lipinski definition) is 4. The molecule has 0 aliphatic heterocycles. The lowest BCUT2D eigenvalue weighted by atomic mass is 9.89. The lowest BCUT2D eigenvalue weighted by Gasteiger charge is -2.17. The number of carbonyl (C=O) groups excluding carboxylic acids is 1. The van der Waals surface area contributed by atoms with E-state index < -0.39 is 0 Å². The van der Waals surface area contributed by atoms with E-state index in [2.05, 4.69) is 22.2 Å². The molecule has 2 heterocycles. The highest BCUT2D eigenvalue weighted by molar-refractivity contribution is 7.18. The molecule has 1 atom stereocenters. The first-order valence-electron chi connectivity index (χ1n) is 9.85. The summed E-state index contributed by atoms with van der Waals surface area (Å²) in [6, 6.07) is 8.10. The molecule has 6 heteroatoms. The maximum Gasteiger partial charge on any atom is 0.259 e. The molecule has 1 unspecified atom stereocenters. The van der Waals surface area contributed by atoms with Gasteiger partial charge in [-0.05, 0) is 43.2 Å². The van der Waals surface area contributed by atoms with Crippen molar-refractivity contribution in [3.05, 3.63) is 62.0 Å². The maximum absolute atomic E-state index is 12.6. The minimum absolute atomic E-state index is 0.0392. The SMILES string of the molecule is Cc1ccc(CNC(=O)CCc2nc3sc4c(c3c(=O)[nH]2)CCC(C)C4)cc1. The molecule has 1 amide bonds. The summed E-state index contributed by atoms with van der Waals surface area (Å²) in [6.45, 7) is 4.81. The number of rotatable bonds is 5. The van der Waals surface area contributed by atoms with Crippen molar-refractivity contribution < 1.29 is 4.79 Å². The van der Waals surface area contributed by atoms with Gasteiger partial charge in [0.15, 0.2) is 0 Å². The van der Waals surface area contributed by atoms with Crippen LogP contribution in [0.25, 0.3) is 10.2 Å². The van der Waals surface area contributed by atoms with Gasteiger partial charge in [0.25, 0.3) is 5.56 Å². The molecular formula is C22H25N3O2S. The molecule has 1 aliphatic rings. The molecule has 0 fully saturated rings. The van der Waals surface area contributed by atoms with E-state index in [0.717, 1.165) is 35.0 Å². The number of benzene rings is 1. The molecule has 0 radical (unpaired) electrons. The van der Waals surface area contributed by atoms with Crippen LogP contribution in [0.2, 0.25) is 0 Å². The zero-order valence-electron chi connectivity index (χ0n) is 16.3. The normalized spacial score (nSPS) is 16.1. The van der Waals surface area contributed by atoms with Crippen molar-refractivity contribution in [3.8, 4) is 0 Å². The Bertz CT molecular complexity index is 1070. The second-order valence-corrected chi connectivity index (χ2v) is 8.89. The largest absolute Gasteiger partial charge is 0.352 e. The van der Waals surface area contributed by atoms with Gasteiger partial charge < -0.3 is 10.3 Å². The molecule has 0 saturated heterocycles. The van der Waals surface area contributed by atoms with Crippen LogP contribution in [0, 0.1) is 12.8 Å². The summed E-state index contributed by atoms with van der Waals surface area (Å²) in [7, 11) is 0. The Morgan fingerprint density at radius 2 is 2.11 bits per heavy atom. The number of carbonyl (C=O) groups is 1. The van der Waals surface area contributed by atoms with E-state index in [4.69, 9.17) is 0 Å². The Kier molecular flexibility index (Phi) is 5.31. The number of thiophene rings is 1. The first-order valence-corrected chi connectivity index (χ1v) is 10.7. The van der Waals surface area contributed by atoms with E-state index in [1.807, 2.05) is 31.2 Å². The second kappa shape index (κ2) is 7.87. The molecule has 28 heavy (non-hydrogen) atoms. The molecule has 0 spiro atoms. The average molecular weight is 396 g/mol. The summed E-state index contributed by atoms with van der Waals surface area (Å²) in [5.74, 6) is 1.22. The maximum atomic E-state index is 12.6. The topological polar surface area (TPSA) is 74.8 Å². The Hall–Kier alpha value is -2.47. The fraction of sp³-hybridized carbons (Fsp3) is 0.409. The third-order valence-electron chi connectivity index (χ3n) is 5.41. The second-order valence-electron chi connectivity index (χ2n) is 7.81. The summed E-state index contributed by atoms with van der Waals surface area (Å²) in [5, 5.41) is 3.69. The summed E-state index contributed by atoms with van der Waals surface area (Å²) in [5.41, 5.74) is 3.40. The van der Waals surface area contributed by atoms with Gasteiger partial charge in [-0.15, -0.1) is 11.3 Å². The van der Waals surface area contributed by atoms with Crippen LogP contribution in [0.3, 0.4) is 0 Å². The quantitative estimate of drug-likeness (QED) is 0.692. The first kappa shape index (κ1) is 18.9. The molecular weight excluding hydrogens is 370 g/mol. The highest BCUT2D eigenvalue weighted by Gasteiger charge is 2.23. The van der Waals surface area contributed by atoms with Gasteiger partial charge in [0.2, 0.25) is 5.91 Å². The van der Waals surface area contributed by atoms with Crippen LogP contribution in [0.15, 0.2) is 29.1 Å². The van der Waals surface area contributed by atoms with Gasteiger partial charge in [0.05, 0.1) is 5.39 Å². The van der Waals surface area contributed by atoms with Crippen LogP contribution in [0.1, 0.15) is 47.2 Å². The monoisotopic (exact) mass is 395 g/mol. The summed E-state index contributed by atoms with van der Waals surface area (Å²) < 4.78 is 0. The third kappa shape index (κ3) is 4.02. The number of nitrogens with zero attached hydrogens (tertiary/aromatic N) is 1. The van der Waals surface area contributed by atoms with Gasteiger partial charge in [-0.3, -0.25) is 9.59 Å². The van der Waals surface area contributed by atoms with E-state index >= 15 is 0 Å². The van der Waals surface area contributed by atoms with Crippen LogP contribution in [0.5, 0.6) is 0 Å². The first-order chi connectivity index (χ1) is 13.5. The van der Waals surface area contributed by atoms with Crippen LogP contribution in [-0.4, -0.2) is 15.9 Å². The molecule has 4 rings (SSSR count). The fourth-order valence-electron chi connectivity index (χ4n) is 3.74. The number of aromatic nitrogens is 2. The van der Waals surface area contributed by atoms with E-state index in [1.165, 1.54) is 16.0 Å². The van der Waals surface area contributed by atoms with Crippen LogP contribution in [-0.2, 0) is 30.6 Å². The Labute approximate surface area is 168 Å². The summed E-state index contributed by atoms with van der Waals surface area (Å²) in [6.07, 6.45) is 3.86. The van der Waals surface area contributed by atoms with E-state index in [-0.39, 0.29) is 11.5 Å². The molecule has 1 aliphatic carbocycles. The fourth-order valence-corrected chi connectivity index (χ4v) is 5.14. The number of amides is 1. The van der Waals surface area contributed by atoms with E-state index in [0.29, 0.717) is 31.1 Å². The standard InChI is InChI=1S/C22H25N3O2S/c1-13-3-6-15(7-4-13)12-23-19(26)10-9-18-24-21(27)20-16-8-5-14(2)11-17(16)28-22(20)25-18/h3-4,6-7,14H,5,8-12H2,1-2H3,(H,23,26)(H,24,25,27). The number of aromatic amines is 1. The van der Waals surface area contributed by atoms with Crippen molar-refractivity contribution in [3.63, 3.8) is 0 Å². The number of hydrogen-bond donors (Lipinski definition) is 2. The van der Waals surface area contributed by atoms with Crippen LogP contribution in [0.4, 0.5) is 0 Å². The minimum Gasteiger partial charge on any atom is -0.352 e. The van der Waals surface area contributed by atoms with Crippen molar-refractivity contribution in [1.82, 2.24) is 15.3 Å². The Morgan fingerprint density at radius 1 is 1.32 bits per heavy atom. The van der Waals surface area contributed by atoms with Crippen molar-refractivity contribution in [2.45, 2.75) is 52.5 Å². The third-order valence-corrected chi connectivity index (χ3v) is 6.56. The highest BCUT2D eigenvalue weighted by Crippen LogP contribution is 2.35. The van der Waals surface area contributed by atoms with Crippen molar-refractivity contribution in [2.75, 3.05) is 0 Å². The van der Waals surface area contributed by atoms with Crippen LogP contribution >= 0.6 is 11.3 Å². The van der Waals surface area contributed by atoms with Gasteiger partial charge in [-0.25, -0.2) is 4.98 Å². The smallest absolute Gasteiger partial charge is 0.259 e. The van der Waals surface area contributed by atoms with Gasteiger partial charge >= 0.3 is 0 Å². The van der Waals surface area contributed by atoms with Gasteiger partial charge in [-0.2, -0.15) is 0 Å². The van der Waals surface area contributed by atoms with Crippen molar-refractivity contribution in [2.24, 2.45) is 5.92 Å². The molecule has 0 bridgehead atoms. The molecule has 2 aromatic heterocycles. The lowest BCUT2D eigenvalue weighted by Crippen LogP contribution is -2.23. The van der Waals surface area contributed by atoms with E-state index in [9.17, 15) is 9.59 Å². The molecule has 1 aromatic carbocycles. The van der Waals surface area contributed by atoms with E-state index in [1.54, 1.807) is 11.3 Å². The Morgan fingerprint density at radius 3 is 2.89 bits per heavy atom. The summed E-state index contributed by atoms with van der Waals surface area (Å²) >= 11 is 1.64. The molecule has 5 nitrogen and oxygen atoms in total. The van der Waals surface area contributed by atoms with Crippen molar-refractivity contribution in [1.29, 1.82) is 0 Å². The average Bonchev–Trinajstić information content (AvgIpc) is 3.03. The van der Waals surface area contributed by atoms with Gasteiger partial charge in [0, 0.05) is 24.3 Å². The number of nitrogens with one attached hydrogen (secondary N) is 2. The predicted octanol–water partition coefficient (Wildman–Crippen LogP) is 3.67. The van der Waals surface area contributed by atoms with Gasteiger partial charge in [0.1, 0.15) is 10.7 Å². The molecule has 2 N–H and O–H groups in total. The zero-order valence-corrected chi connectivity index (χ0v) is 17.1. The van der Waals surface area contributed by atoms with Crippen molar-refractivity contribution >= 4 is 27.5 Å². The predicted molar refractivity (Wildman–Crippen MR) is 113 cm³/mol. The zero-order chi connectivity index (χ0) is 19.7. The number of aryl methyl sites for hydroxylation is 3. The molecule has 3 aromatic rings. The van der Waals surface area contributed by atoms with Crippen LogP contribution < -0.4 is 10.9 Å². The minimum atomic E-state index is -0.0629.